The standard InChI is InChI=1S/C9H18N4O3.C4H10N4O.C2H2Cl2O2/c1-9(2,3)16-8(14)11-4-6-15-7-5-12-13-10;5-1-3-9-4-2-7-8-6;3-1(4)2(5)6/h4-7H2,1-3H3,(H,11,14);1-5H2;1H,(H,5,6). The predicted octanol–water partition coefficient (Wildman–Crippen LogP) is 0.933. The van der Waals surface area contributed by atoms with Gasteiger partial charge < -0.3 is 35.2 Å². The lowest BCUT2D eigenvalue weighted by Gasteiger charge is -2.19. The minimum absolute atomic E-state index is 0.295. The summed E-state index contributed by atoms with van der Waals surface area (Å²) in [5.74, 6) is -1.46. The number of alkyl halides is 2. The van der Waals surface area contributed by atoms with Crippen molar-refractivity contribution in [2.45, 2.75) is 31.2 Å². The molecule has 0 radical (unpaired) electrons. The number of rotatable bonds is 12. The van der Waals surface area contributed by atoms with E-state index in [1.807, 2.05) is 0 Å². The zero-order valence-corrected chi connectivity index (χ0v) is 19.3. The second-order valence-corrected chi connectivity index (χ2v) is 7.13. The smallest absolute Gasteiger partial charge is 0.407 e. The molecule has 16 heteroatoms. The van der Waals surface area contributed by atoms with Gasteiger partial charge in [0.25, 0.3) is 0 Å². The third kappa shape index (κ3) is 39.0. The van der Waals surface area contributed by atoms with Crippen LogP contribution in [0.2, 0.25) is 0 Å². The summed E-state index contributed by atoms with van der Waals surface area (Å²) in [6.45, 7) is 9.07. The van der Waals surface area contributed by atoms with E-state index in [0.717, 1.165) is 6.54 Å². The third-order valence-electron chi connectivity index (χ3n) is 2.18. The molecule has 0 aromatic carbocycles. The Morgan fingerprint density at radius 3 is 1.87 bits per heavy atom. The lowest BCUT2D eigenvalue weighted by Crippen LogP contribution is -2.52. The Morgan fingerprint density at radius 2 is 1.52 bits per heavy atom. The Hall–Kier alpha value is -2.18. The van der Waals surface area contributed by atoms with Gasteiger partial charge in [-0.15, -0.1) is 0 Å². The molecule has 14 nitrogen and oxygen atoms in total. The number of halogens is 2. The van der Waals surface area contributed by atoms with E-state index in [9.17, 15) is 14.7 Å². The van der Waals surface area contributed by atoms with E-state index in [2.05, 4.69) is 31.1 Å². The van der Waals surface area contributed by atoms with Crippen LogP contribution in [0.15, 0.2) is 10.2 Å². The van der Waals surface area contributed by atoms with Crippen LogP contribution in [0.3, 0.4) is 0 Å². The number of carboxylic acid groups (broad SMARTS) is 1. The first-order valence-electron chi connectivity index (χ1n) is 8.94. The average Bonchev–Trinajstić information content (AvgIpc) is 2.67. The van der Waals surface area contributed by atoms with Crippen molar-refractivity contribution in [1.82, 2.24) is 5.32 Å². The lowest BCUT2D eigenvalue weighted by molar-refractivity contribution is -0.374. The van der Waals surface area contributed by atoms with Gasteiger partial charge in [-0.1, -0.05) is 33.4 Å². The van der Waals surface area contributed by atoms with E-state index >= 15 is 0 Å². The number of amides is 1. The fourth-order valence-corrected chi connectivity index (χ4v) is 1.15. The molecule has 1 amide bonds. The fraction of sp³-hybridized carbons (Fsp3) is 0.867. The molecule has 0 fully saturated rings. The largest absolute Gasteiger partial charge is 0.547 e. The van der Waals surface area contributed by atoms with Crippen LogP contribution >= 0.6 is 23.2 Å². The van der Waals surface area contributed by atoms with Gasteiger partial charge in [-0.3, -0.25) is 0 Å². The van der Waals surface area contributed by atoms with E-state index in [1.165, 1.54) is 0 Å². The maximum absolute atomic E-state index is 11.1. The number of carbonyl (C=O) groups excluding carboxylic acids is 2. The molecule has 0 rings (SSSR count). The zero-order chi connectivity index (χ0) is 24.5. The van der Waals surface area contributed by atoms with Gasteiger partial charge in [-0.25, -0.2) is 4.79 Å². The van der Waals surface area contributed by atoms with Crippen molar-refractivity contribution in [3.63, 3.8) is 0 Å². The molecular weight excluding hydrogens is 459 g/mol. The number of azide groups is 2. The molecule has 31 heavy (non-hydrogen) atoms. The zero-order valence-electron chi connectivity index (χ0n) is 17.8. The number of hydrogen-bond acceptors (Lipinski definition) is 8. The van der Waals surface area contributed by atoms with Crippen LogP contribution in [-0.4, -0.2) is 75.1 Å². The summed E-state index contributed by atoms with van der Waals surface area (Å²) in [5.41, 5.74) is 18.9. The summed E-state index contributed by atoms with van der Waals surface area (Å²) >= 11 is 9.43. The molecule has 0 heterocycles. The molecular formula is C15H30Cl2N8O6. The molecule has 0 aliphatic carbocycles. The number of nitrogens with one attached hydrogen (secondary N) is 1. The Labute approximate surface area is 190 Å². The van der Waals surface area contributed by atoms with E-state index in [4.69, 9.17) is 48.5 Å². The summed E-state index contributed by atoms with van der Waals surface area (Å²) in [7, 11) is 0. The third-order valence-corrected chi connectivity index (χ3v) is 2.54. The highest BCUT2D eigenvalue weighted by Gasteiger charge is 2.15. The predicted molar refractivity (Wildman–Crippen MR) is 112 cm³/mol. The molecule has 0 aromatic heterocycles. The van der Waals surface area contributed by atoms with Crippen LogP contribution in [-0.2, 0) is 19.0 Å². The topological polar surface area (TPSA) is 222 Å². The van der Waals surface area contributed by atoms with Gasteiger partial charge in [0, 0.05) is 29.5 Å². The number of hydrogen-bond donors (Lipinski definition) is 2. The number of nitrogens with zero attached hydrogens (tertiary/aromatic N) is 6. The van der Waals surface area contributed by atoms with Gasteiger partial charge >= 0.3 is 6.09 Å². The maximum Gasteiger partial charge on any atom is 0.407 e. The summed E-state index contributed by atoms with van der Waals surface area (Å²) in [6.07, 6.45) is -0.467. The first-order chi connectivity index (χ1) is 14.5. The number of quaternary nitrogens is 1. The molecule has 0 aliphatic heterocycles. The minimum atomic E-state index is -1.46. The number of aliphatic carboxylic acids is 1. The van der Waals surface area contributed by atoms with Crippen molar-refractivity contribution in [2.75, 3.05) is 52.6 Å². The second kappa shape index (κ2) is 24.1. The Morgan fingerprint density at radius 1 is 1.06 bits per heavy atom. The molecule has 4 N–H and O–H groups in total. The highest BCUT2D eigenvalue weighted by atomic mass is 35.5. The summed E-state index contributed by atoms with van der Waals surface area (Å²) in [5, 5.41) is 18.4. The molecule has 0 saturated heterocycles. The normalized spacial score (nSPS) is 9.65. The second-order valence-electron chi connectivity index (χ2n) is 6.04. The maximum atomic E-state index is 11.1. The van der Waals surface area contributed by atoms with E-state index in [-0.39, 0.29) is 0 Å². The van der Waals surface area contributed by atoms with E-state index < -0.39 is 22.5 Å². The van der Waals surface area contributed by atoms with Crippen molar-refractivity contribution in [2.24, 2.45) is 10.2 Å². The molecule has 0 bridgehead atoms. The van der Waals surface area contributed by atoms with Crippen LogP contribution in [0.5, 0.6) is 0 Å². The number of alkyl carbamates (subject to hydrolysis) is 1. The van der Waals surface area contributed by atoms with Crippen LogP contribution in [0.4, 0.5) is 4.79 Å². The van der Waals surface area contributed by atoms with E-state index in [1.54, 1.807) is 20.8 Å². The van der Waals surface area contributed by atoms with Gasteiger partial charge in [0.2, 0.25) is 0 Å². The van der Waals surface area contributed by atoms with Gasteiger partial charge in [-0.05, 0) is 31.8 Å². The van der Waals surface area contributed by atoms with Crippen LogP contribution in [0, 0.1) is 0 Å². The molecule has 0 atom stereocenters. The van der Waals surface area contributed by atoms with Gasteiger partial charge in [-0.2, -0.15) is 0 Å². The Kier molecular flexibility index (Phi) is 26.0. The van der Waals surface area contributed by atoms with Crippen molar-refractivity contribution < 1.29 is 34.6 Å². The monoisotopic (exact) mass is 488 g/mol. The van der Waals surface area contributed by atoms with Crippen molar-refractivity contribution in [3.8, 4) is 0 Å². The van der Waals surface area contributed by atoms with Crippen LogP contribution in [0.1, 0.15) is 20.8 Å². The number of ether oxygens (including phenoxy) is 3. The van der Waals surface area contributed by atoms with Crippen LogP contribution in [0.25, 0.3) is 20.9 Å². The molecule has 0 aliphatic rings. The van der Waals surface area contributed by atoms with E-state index in [0.29, 0.717) is 46.1 Å². The van der Waals surface area contributed by atoms with Gasteiger partial charge in [0.15, 0.2) is 0 Å². The summed E-state index contributed by atoms with van der Waals surface area (Å²) in [4.78, 5) is 24.2. The number of carboxylic acids is 1. The van der Waals surface area contributed by atoms with Crippen LogP contribution < -0.4 is 16.2 Å². The molecule has 0 aromatic rings. The van der Waals surface area contributed by atoms with Crippen molar-refractivity contribution in [1.29, 1.82) is 0 Å². The molecule has 180 valence electrons. The number of carbonyl (C=O) groups is 2. The highest BCUT2D eigenvalue weighted by Crippen LogP contribution is 2.05. The molecule has 0 saturated carbocycles. The highest BCUT2D eigenvalue weighted by molar-refractivity contribution is 6.52. The van der Waals surface area contributed by atoms with Crippen molar-refractivity contribution in [3.05, 3.63) is 20.9 Å². The average molecular weight is 489 g/mol. The Bertz CT molecular complexity index is 564. The Balaban J connectivity index is -0.000000438. The fourth-order valence-electron chi connectivity index (χ4n) is 1.15. The van der Waals surface area contributed by atoms with Gasteiger partial charge in [0.1, 0.15) is 10.4 Å². The minimum Gasteiger partial charge on any atom is -0.547 e. The van der Waals surface area contributed by atoms with Gasteiger partial charge in [0.05, 0.1) is 38.9 Å². The van der Waals surface area contributed by atoms with Crippen molar-refractivity contribution >= 4 is 35.3 Å². The summed E-state index contributed by atoms with van der Waals surface area (Å²) in [6, 6.07) is 0. The molecule has 0 unspecified atom stereocenters. The first-order valence-corrected chi connectivity index (χ1v) is 9.81. The first kappa shape index (κ1) is 33.5. The summed E-state index contributed by atoms with van der Waals surface area (Å²) < 4.78 is 15.0. The molecule has 0 spiro atoms. The quantitative estimate of drug-likeness (QED) is 0.133. The lowest BCUT2D eigenvalue weighted by atomic mass is 10.2. The SMILES string of the molecule is CC(C)(C)OC(=O)NCCOCCN=[N+]=[N-].O=C([O-])C(Cl)Cl.[N-]=[N+]=NCCOCC[NH3+].